The summed E-state index contributed by atoms with van der Waals surface area (Å²) in [6.07, 6.45) is 0. The number of hydrogen-bond acceptors (Lipinski definition) is 3. The molecule has 0 bridgehead atoms. The average Bonchev–Trinajstić information content (AvgIpc) is 2.90. The fourth-order valence-electron chi connectivity index (χ4n) is 1.73. The lowest BCUT2D eigenvalue weighted by Gasteiger charge is -2.05. The molecule has 0 aliphatic carbocycles. The van der Waals surface area contributed by atoms with Crippen LogP contribution in [0.1, 0.15) is 26.4 Å². The van der Waals surface area contributed by atoms with Gasteiger partial charge in [0.15, 0.2) is 0 Å². The van der Waals surface area contributed by atoms with Crippen molar-refractivity contribution < 1.29 is 4.79 Å². The monoisotopic (exact) mass is 284 g/mol. The van der Waals surface area contributed by atoms with Crippen LogP contribution in [-0.4, -0.2) is 12.5 Å². The Bertz CT molecular complexity index is 647. The number of thiophene rings is 1. The number of carbonyl (C=O) groups excluding carboxylic acids is 1. The van der Waals surface area contributed by atoms with Crippen LogP contribution in [0.4, 0.5) is 0 Å². The summed E-state index contributed by atoms with van der Waals surface area (Å²) in [7, 11) is 0. The van der Waals surface area contributed by atoms with Crippen molar-refractivity contribution in [1.29, 1.82) is 0 Å². The number of hydrogen-bond donors (Lipinski definition) is 2. The molecule has 0 aliphatic heterocycles. The Balaban J connectivity index is 1.94. The van der Waals surface area contributed by atoms with Gasteiger partial charge in [-0.05, 0) is 41.6 Å². The Labute approximate surface area is 122 Å². The summed E-state index contributed by atoms with van der Waals surface area (Å²) in [5, 5.41) is 4.85. The van der Waals surface area contributed by atoms with Gasteiger partial charge in [0.1, 0.15) is 0 Å². The van der Waals surface area contributed by atoms with E-state index in [-0.39, 0.29) is 5.91 Å². The molecule has 0 saturated heterocycles. The van der Waals surface area contributed by atoms with E-state index in [9.17, 15) is 4.79 Å². The number of aryl methyl sites for hydroxylation is 1. The van der Waals surface area contributed by atoms with Gasteiger partial charge in [0.2, 0.25) is 0 Å². The van der Waals surface area contributed by atoms with E-state index >= 15 is 0 Å². The van der Waals surface area contributed by atoms with Gasteiger partial charge in [0.25, 0.3) is 5.91 Å². The summed E-state index contributed by atoms with van der Waals surface area (Å²) in [4.78, 5) is 12.7. The number of nitrogens with one attached hydrogen (secondary N) is 1. The number of carbonyl (C=O) groups is 1. The third kappa shape index (κ3) is 3.70. The van der Waals surface area contributed by atoms with Crippen LogP contribution in [0, 0.1) is 18.8 Å². The van der Waals surface area contributed by atoms with E-state index < -0.39 is 0 Å². The largest absolute Gasteiger partial charge is 0.347 e. The summed E-state index contributed by atoms with van der Waals surface area (Å²) < 4.78 is 0. The van der Waals surface area contributed by atoms with Crippen LogP contribution < -0.4 is 11.1 Å². The maximum Gasteiger partial charge on any atom is 0.261 e. The average molecular weight is 284 g/mol. The molecule has 0 atom stereocenters. The number of nitrogens with two attached hydrogens (primary N) is 1. The maximum atomic E-state index is 12.0. The van der Waals surface area contributed by atoms with Gasteiger partial charge in [-0.1, -0.05) is 24.0 Å². The summed E-state index contributed by atoms with van der Waals surface area (Å²) in [6, 6.07) is 9.73. The van der Waals surface area contributed by atoms with E-state index in [4.69, 9.17) is 5.73 Å². The zero-order valence-electron chi connectivity index (χ0n) is 11.3. The molecule has 0 fully saturated rings. The summed E-state index contributed by atoms with van der Waals surface area (Å²) in [5.41, 5.74) is 8.32. The molecule has 3 N–H and O–H groups in total. The van der Waals surface area contributed by atoms with Gasteiger partial charge in [0, 0.05) is 12.1 Å². The van der Waals surface area contributed by atoms with Crippen LogP contribution in [0.25, 0.3) is 0 Å². The summed E-state index contributed by atoms with van der Waals surface area (Å²) >= 11 is 1.46. The van der Waals surface area contributed by atoms with Gasteiger partial charge < -0.3 is 11.1 Å². The highest BCUT2D eigenvalue weighted by Crippen LogP contribution is 2.15. The normalized spacial score (nSPS) is 9.70. The molecule has 1 aromatic carbocycles. The molecule has 1 heterocycles. The van der Waals surface area contributed by atoms with E-state index in [1.54, 1.807) is 0 Å². The second kappa shape index (κ2) is 6.90. The lowest BCUT2D eigenvalue weighted by Crippen LogP contribution is -2.22. The molecule has 0 aliphatic rings. The minimum absolute atomic E-state index is 0.0236. The molecular weight excluding hydrogens is 268 g/mol. The van der Waals surface area contributed by atoms with E-state index in [0.717, 1.165) is 21.6 Å². The molecule has 2 aromatic rings. The molecule has 20 heavy (non-hydrogen) atoms. The van der Waals surface area contributed by atoms with Crippen molar-refractivity contribution in [2.75, 3.05) is 6.54 Å². The molecule has 102 valence electrons. The maximum absolute atomic E-state index is 12.0. The zero-order valence-corrected chi connectivity index (χ0v) is 12.1. The van der Waals surface area contributed by atoms with Crippen LogP contribution in [0.5, 0.6) is 0 Å². The quantitative estimate of drug-likeness (QED) is 0.850. The SMILES string of the molecule is Cc1ccsc1C(=O)NCc1ccc(C#CCN)cc1. The second-order valence-electron chi connectivity index (χ2n) is 4.32. The number of rotatable bonds is 3. The van der Waals surface area contributed by atoms with Crippen LogP contribution in [0.2, 0.25) is 0 Å². The first-order valence-corrected chi connectivity index (χ1v) is 7.19. The second-order valence-corrected chi connectivity index (χ2v) is 5.23. The molecule has 4 heteroatoms. The summed E-state index contributed by atoms with van der Waals surface area (Å²) in [6.45, 7) is 2.81. The van der Waals surface area contributed by atoms with Crippen molar-refractivity contribution in [2.24, 2.45) is 5.73 Å². The minimum Gasteiger partial charge on any atom is -0.347 e. The van der Waals surface area contributed by atoms with Crippen LogP contribution in [-0.2, 0) is 6.54 Å². The molecule has 1 amide bonds. The smallest absolute Gasteiger partial charge is 0.261 e. The number of benzene rings is 1. The van der Waals surface area contributed by atoms with E-state index in [1.165, 1.54) is 11.3 Å². The highest BCUT2D eigenvalue weighted by atomic mass is 32.1. The third-order valence-electron chi connectivity index (χ3n) is 2.81. The molecule has 2 rings (SSSR count). The molecule has 0 unspecified atom stereocenters. The predicted octanol–water partition coefficient (Wildman–Crippen LogP) is 2.30. The van der Waals surface area contributed by atoms with Crippen molar-refractivity contribution in [2.45, 2.75) is 13.5 Å². The van der Waals surface area contributed by atoms with Gasteiger partial charge in [-0.2, -0.15) is 0 Å². The lowest BCUT2D eigenvalue weighted by molar-refractivity contribution is 0.0954. The minimum atomic E-state index is -0.0236. The van der Waals surface area contributed by atoms with Crippen molar-refractivity contribution in [3.05, 3.63) is 57.3 Å². The zero-order chi connectivity index (χ0) is 14.4. The standard InChI is InChI=1S/C16H16N2OS/c1-12-8-10-20-15(12)16(19)18-11-14-6-4-13(5-7-14)3-2-9-17/h4-8,10H,9,11,17H2,1H3,(H,18,19). The van der Waals surface area contributed by atoms with Crippen LogP contribution >= 0.6 is 11.3 Å². The Morgan fingerprint density at radius 1 is 1.30 bits per heavy atom. The summed E-state index contributed by atoms with van der Waals surface area (Å²) in [5.74, 6) is 5.75. The third-order valence-corrected chi connectivity index (χ3v) is 3.83. The first-order valence-electron chi connectivity index (χ1n) is 6.31. The Morgan fingerprint density at radius 2 is 2.05 bits per heavy atom. The van der Waals surface area contributed by atoms with Gasteiger partial charge >= 0.3 is 0 Å². The van der Waals surface area contributed by atoms with Gasteiger partial charge in [-0.15, -0.1) is 11.3 Å². The molecular formula is C16H16N2OS. The van der Waals surface area contributed by atoms with Crippen molar-refractivity contribution in [3.8, 4) is 11.8 Å². The van der Waals surface area contributed by atoms with Crippen LogP contribution in [0.3, 0.4) is 0 Å². The Kier molecular flexibility index (Phi) is 4.94. The van der Waals surface area contributed by atoms with Gasteiger partial charge in [-0.3, -0.25) is 4.79 Å². The lowest BCUT2D eigenvalue weighted by atomic mass is 10.1. The van der Waals surface area contributed by atoms with Gasteiger partial charge in [0.05, 0.1) is 11.4 Å². The van der Waals surface area contributed by atoms with E-state index in [0.29, 0.717) is 13.1 Å². The van der Waals surface area contributed by atoms with E-state index in [1.807, 2.05) is 42.6 Å². The van der Waals surface area contributed by atoms with Crippen molar-refractivity contribution >= 4 is 17.2 Å². The van der Waals surface area contributed by atoms with Gasteiger partial charge in [-0.25, -0.2) is 0 Å². The fraction of sp³-hybridized carbons (Fsp3) is 0.188. The molecule has 3 nitrogen and oxygen atoms in total. The Morgan fingerprint density at radius 3 is 2.65 bits per heavy atom. The highest BCUT2D eigenvalue weighted by Gasteiger charge is 2.09. The van der Waals surface area contributed by atoms with Crippen molar-refractivity contribution in [1.82, 2.24) is 5.32 Å². The molecule has 0 spiro atoms. The Hall–Kier alpha value is -2.09. The molecule has 0 radical (unpaired) electrons. The number of amides is 1. The fourth-order valence-corrected chi connectivity index (χ4v) is 2.57. The van der Waals surface area contributed by atoms with Crippen molar-refractivity contribution in [3.63, 3.8) is 0 Å². The van der Waals surface area contributed by atoms with E-state index in [2.05, 4.69) is 17.2 Å². The first-order chi connectivity index (χ1) is 9.70. The highest BCUT2D eigenvalue weighted by molar-refractivity contribution is 7.12. The first kappa shape index (κ1) is 14.3. The van der Waals surface area contributed by atoms with Crippen LogP contribution in [0.15, 0.2) is 35.7 Å². The molecule has 0 saturated carbocycles. The molecule has 1 aromatic heterocycles. The predicted molar refractivity (Wildman–Crippen MR) is 82.6 cm³/mol. The topological polar surface area (TPSA) is 55.1 Å².